The minimum atomic E-state index is 0.441. The molecule has 3 N–H and O–H groups in total. The van der Waals surface area contributed by atoms with Crippen molar-refractivity contribution in [3.05, 3.63) is 102 Å². The van der Waals surface area contributed by atoms with E-state index < -0.39 is 0 Å². The first-order valence-corrected chi connectivity index (χ1v) is 9.02. The zero-order chi connectivity index (χ0) is 18.5. The SMILES string of the molecule is C=C=CCC1CCc2cc(CC(=C)c3ccc(NC(=C)N)cc3)ccc21. The number of hydrogen-bond donors (Lipinski definition) is 2. The number of nitrogens with one attached hydrogen (secondary N) is 1. The van der Waals surface area contributed by atoms with E-state index in [2.05, 4.69) is 61.1 Å². The summed E-state index contributed by atoms with van der Waals surface area (Å²) in [5, 5.41) is 3.01. The number of benzene rings is 2. The van der Waals surface area contributed by atoms with Crippen LogP contribution in [-0.2, 0) is 12.8 Å². The van der Waals surface area contributed by atoms with Crippen LogP contribution in [0.3, 0.4) is 0 Å². The van der Waals surface area contributed by atoms with Gasteiger partial charge in [-0.05, 0) is 77.6 Å². The van der Waals surface area contributed by atoms with Gasteiger partial charge in [0.25, 0.3) is 0 Å². The van der Waals surface area contributed by atoms with Crippen LogP contribution in [0.25, 0.3) is 5.57 Å². The summed E-state index contributed by atoms with van der Waals surface area (Å²) in [4.78, 5) is 0. The Balaban J connectivity index is 1.68. The smallest absolute Gasteiger partial charge is 0.0930 e. The molecule has 0 bridgehead atoms. The summed E-state index contributed by atoms with van der Waals surface area (Å²) in [5.74, 6) is 1.06. The highest BCUT2D eigenvalue weighted by atomic mass is 15.0. The van der Waals surface area contributed by atoms with E-state index in [-0.39, 0.29) is 0 Å². The highest BCUT2D eigenvalue weighted by Gasteiger charge is 2.21. The predicted molar refractivity (Wildman–Crippen MR) is 112 cm³/mol. The van der Waals surface area contributed by atoms with E-state index in [1.165, 1.54) is 23.1 Å². The van der Waals surface area contributed by atoms with Crippen LogP contribution in [0.2, 0.25) is 0 Å². The summed E-state index contributed by atoms with van der Waals surface area (Å²) in [6.45, 7) is 11.6. The minimum absolute atomic E-state index is 0.441. The second kappa shape index (κ2) is 7.95. The molecule has 2 aromatic rings. The van der Waals surface area contributed by atoms with Crippen LogP contribution in [0, 0.1) is 0 Å². The van der Waals surface area contributed by atoms with Crippen molar-refractivity contribution in [2.24, 2.45) is 5.73 Å². The Hall–Kier alpha value is -2.96. The van der Waals surface area contributed by atoms with Crippen LogP contribution in [0.1, 0.15) is 41.0 Å². The van der Waals surface area contributed by atoms with Gasteiger partial charge < -0.3 is 11.1 Å². The molecule has 0 saturated carbocycles. The van der Waals surface area contributed by atoms with Crippen LogP contribution in [0.4, 0.5) is 5.69 Å². The summed E-state index contributed by atoms with van der Waals surface area (Å²) in [6, 6.07) is 15.0. The second-order valence-corrected chi connectivity index (χ2v) is 6.92. The first kappa shape index (κ1) is 17.8. The molecular formula is C24H26N2. The zero-order valence-electron chi connectivity index (χ0n) is 15.2. The molecule has 132 valence electrons. The largest absolute Gasteiger partial charge is 0.386 e. The number of rotatable bonds is 7. The van der Waals surface area contributed by atoms with Crippen LogP contribution >= 0.6 is 0 Å². The first-order valence-electron chi connectivity index (χ1n) is 9.02. The van der Waals surface area contributed by atoms with Gasteiger partial charge in [0, 0.05) is 5.69 Å². The van der Waals surface area contributed by atoms with Crippen molar-refractivity contribution < 1.29 is 0 Å². The highest BCUT2D eigenvalue weighted by Crippen LogP contribution is 2.36. The maximum atomic E-state index is 5.57. The molecule has 1 atom stereocenters. The van der Waals surface area contributed by atoms with Gasteiger partial charge >= 0.3 is 0 Å². The molecule has 2 heteroatoms. The van der Waals surface area contributed by atoms with E-state index >= 15 is 0 Å². The normalized spacial score (nSPS) is 15.0. The van der Waals surface area contributed by atoms with Crippen molar-refractivity contribution in [2.45, 2.75) is 31.6 Å². The number of nitrogens with two attached hydrogens (primary N) is 1. The minimum Gasteiger partial charge on any atom is -0.386 e. The number of fused-ring (bicyclic) bond motifs is 1. The van der Waals surface area contributed by atoms with Gasteiger partial charge in [-0.3, -0.25) is 0 Å². The lowest BCUT2D eigenvalue weighted by atomic mass is 9.94. The average molecular weight is 342 g/mol. The van der Waals surface area contributed by atoms with Crippen LogP contribution in [0.5, 0.6) is 0 Å². The van der Waals surface area contributed by atoms with E-state index in [0.717, 1.165) is 36.1 Å². The molecule has 0 saturated heterocycles. The number of aryl methyl sites for hydroxylation is 1. The van der Waals surface area contributed by atoms with Crippen LogP contribution in [-0.4, -0.2) is 0 Å². The van der Waals surface area contributed by atoms with Gasteiger partial charge in [-0.15, -0.1) is 5.73 Å². The maximum Gasteiger partial charge on any atom is 0.0930 e. The Morgan fingerprint density at radius 3 is 2.65 bits per heavy atom. The molecule has 1 aliphatic carbocycles. The third kappa shape index (κ3) is 4.17. The fourth-order valence-corrected chi connectivity index (χ4v) is 3.66. The molecule has 2 aromatic carbocycles. The second-order valence-electron chi connectivity index (χ2n) is 6.92. The van der Waals surface area contributed by atoms with Crippen molar-refractivity contribution in [2.75, 3.05) is 5.32 Å². The van der Waals surface area contributed by atoms with E-state index in [4.69, 9.17) is 5.73 Å². The highest BCUT2D eigenvalue weighted by molar-refractivity contribution is 5.68. The van der Waals surface area contributed by atoms with Gasteiger partial charge in [0.05, 0.1) is 5.82 Å². The fraction of sp³-hybridized carbons (Fsp3) is 0.208. The van der Waals surface area contributed by atoms with Crippen molar-refractivity contribution >= 4 is 11.3 Å². The van der Waals surface area contributed by atoms with Crippen molar-refractivity contribution in [1.82, 2.24) is 0 Å². The number of allylic oxidation sites excluding steroid dienone is 2. The fourth-order valence-electron chi connectivity index (χ4n) is 3.66. The van der Waals surface area contributed by atoms with E-state index in [9.17, 15) is 0 Å². The molecule has 0 radical (unpaired) electrons. The lowest BCUT2D eigenvalue weighted by molar-refractivity contribution is 0.689. The van der Waals surface area contributed by atoms with Crippen molar-refractivity contribution in [3.63, 3.8) is 0 Å². The zero-order valence-corrected chi connectivity index (χ0v) is 15.2. The van der Waals surface area contributed by atoms with E-state index in [0.29, 0.717) is 11.7 Å². The molecule has 0 aromatic heterocycles. The van der Waals surface area contributed by atoms with Crippen molar-refractivity contribution in [1.29, 1.82) is 0 Å². The van der Waals surface area contributed by atoms with E-state index in [1.54, 1.807) is 0 Å². The monoisotopic (exact) mass is 342 g/mol. The number of hydrogen-bond acceptors (Lipinski definition) is 2. The molecule has 0 fully saturated rings. The molecule has 0 amide bonds. The lowest BCUT2D eigenvalue weighted by Gasteiger charge is -2.12. The van der Waals surface area contributed by atoms with Gasteiger partial charge in [0.15, 0.2) is 0 Å². The molecule has 0 heterocycles. The summed E-state index contributed by atoms with van der Waals surface area (Å²) < 4.78 is 0. The Kier molecular flexibility index (Phi) is 5.46. The molecule has 3 rings (SSSR count). The molecule has 26 heavy (non-hydrogen) atoms. The standard InChI is InChI=1S/C24H26N2/c1-4-5-6-21-8-9-22-16-19(7-14-24(21)22)15-17(2)20-10-12-23(13-11-20)26-18(3)25/h5,7,10-14,16,21,26H,1-3,6,8-9,15,25H2. The molecule has 1 aliphatic rings. The molecule has 2 nitrogen and oxygen atoms in total. The van der Waals surface area contributed by atoms with Crippen LogP contribution < -0.4 is 11.1 Å². The Morgan fingerprint density at radius 2 is 1.96 bits per heavy atom. The average Bonchev–Trinajstić information content (AvgIpc) is 3.02. The van der Waals surface area contributed by atoms with E-state index in [1.807, 2.05) is 18.2 Å². The molecular weight excluding hydrogens is 316 g/mol. The van der Waals surface area contributed by atoms with Gasteiger partial charge in [-0.25, -0.2) is 0 Å². The summed E-state index contributed by atoms with van der Waals surface area (Å²) in [7, 11) is 0. The van der Waals surface area contributed by atoms with Gasteiger partial charge in [0.1, 0.15) is 0 Å². The maximum absolute atomic E-state index is 5.57. The summed E-state index contributed by atoms with van der Waals surface area (Å²) in [5.41, 5.74) is 16.0. The van der Waals surface area contributed by atoms with Gasteiger partial charge in [-0.2, -0.15) is 0 Å². The van der Waals surface area contributed by atoms with Gasteiger partial charge in [0.2, 0.25) is 0 Å². The Morgan fingerprint density at radius 1 is 1.19 bits per heavy atom. The Labute approximate surface area is 156 Å². The molecule has 0 aliphatic heterocycles. The first-order chi connectivity index (χ1) is 12.6. The third-order valence-corrected chi connectivity index (χ3v) is 4.97. The molecule has 1 unspecified atom stereocenters. The van der Waals surface area contributed by atoms with Crippen molar-refractivity contribution in [3.8, 4) is 0 Å². The topological polar surface area (TPSA) is 38.0 Å². The predicted octanol–water partition coefficient (Wildman–Crippen LogP) is 5.55. The summed E-state index contributed by atoms with van der Waals surface area (Å²) >= 11 is 0. The summed E-state index contributed by atoms with van der Waals surface area (Å²) in [6.07, 6.45) is 6.33. The lowest BCUT2D eigenvalue weighted by Crippen LogP contribution is -2.06. The quantitative estimate of drug-likeness (QED) is 0.648. The number of anilines is 1. The molecule has 0 spiro atoms. The van der Waals surface area contributed by atoms with Crippen LogP contribution in [0.15, 0.2) is 79.8 Å². The Bertz CT molecular complexity index is 868. The third-order valence-electron chi connectivity index (χ3n) is 4.97. The van der Waals surface area contributed by atoms with Gasteiger partial charge in [-0.1, -0.05) is 50.1 Å².